The summed E-state index contributed by atoms with van der Waals surface area (Å²) >= 11 is 0. The van der Waals surface area contributed by atoms with Crippen LogP contribution in [0.3, 0.4) is 0 Å². The van der Waals surface area contributed by atoms with Crippen LogP contribution in [0.5, 0.6) is 17.5 Å². The fraction of sp³-hybridized carbons (Fsp3) is 0.359. The number of alkyl halides is 1. The molecule has 0 spiro atoms. The summed E-state index contributed by atoms with van der Waals surface area (Å²) < 4.78 is 44.9. The molecule has 10 rings (SSSR count). The average molecular weight is 673 g/mol. The van der Waals surface area contributed by atoms with E-state index in [-0.39, 0.29) is 42.0 Å². The summed E-state index contributed by atoms with van der Waals surface area (Å²) in [7, 11) is 0. The van der Waals surface area contributed by atoms with Crippen LogP contribution in [-0.4, -0.2) is 76.1 Å². The molecule has 0 aliphatic carbocycles. The number of nitrogens with one attached hydrogen (secondary N) is 1. The number of fused-ring (bicyclic) bond motifs is 7. The first-order chi connectivity index (χ1) is 24.4. The highest BCUT2D eigenvalue weighted by atomic mass is 19.1. The monoisotopic (exact) mass is 672 g/mol. The number of anilines is 1. The molecule has 3 fully saturated rings. The largest absolute Gasteiger partial charge is 0.508 e. The molecule has 3 unspecified atom stereocenters. The van der Waals surface area contributed by atoms with Crippen LogP contribution in [0.15, 0.2) is 54.7 Å². The molecule has 2 bridgehead atoms. The Bertz CT molecular complexity index is 2270. The van der Waals surface area contributed by atoms with Gasteiger partial charge in [-0.15, -0.1) is 6.42 Å². The molecule has 3 aromatic carbocycles. The smallest absolute Gasteiger partial charge is 0.319 e. The maximum atomic E-state index is 17.1. The van der Waals surface area contributed by atoms with Gasteiger partial charge in [0.25, 0.3) is 0 Å². The van der Waals surface area contributed by atoms with Crippen LogP contribution in [-0.2, 0) is 5.54 Å². The molecule has 0 amide bonds. The van der Waals surface area contributed by atoms with Crippen LogP contribution in [0.2, 0.25) is 0 Å². The Morgan fingerprint density at radius 2 is 1.92 bits per heavy atom. The maximum Gasteiger partial charge on any atom is 0.319 e. The molecule has 7 heterocycles. The van der Waals surface area contributed by atoms with Gasteiger partial charge in [0.05, 0.1) is 17.5 Å². The summed E-state index contributed by atoms with van der Waals surface area (Å²) in [6.45, 7) is 2.37. The van der Waals surface area contributed by atoms with Gasteiger partial charge in [-0.2, -0.15) is 9.97 Å². The third kappa shape index (κ3) is 4.34. The number of nitrogens with zero attached hydrogens (tertiary/aromatic N) is 5. The number of hydrogen-bond donors (Lipinski definition) is 2. The molecule has 5 atom stereocenters. The quantitative estimate of drug-likeness (QED) is 0.226. The van der Waals surface area contributed by atoms with Crippen LogP contribution < -0.4 is 19.7 Å². The number of halogens is 2. The van der Waals surface area contributed by atoms with Crippen molar-refractivity contribution >= 4 is 27.5 Å². The molecular weight excluding hydrogens is 638 g/mol. The van der Waals surface area contributed by atoms with Gasteiger partial charge in [-0.05, 0) is 48.1 Å². The van der Waals surface area contributed by atoms with Crippen molar-refractivity contribution in [3.8, 4) is 41.1 Å². The minimum absolute atomic E-state index is 0.0106. The lowest BCUT2D eigenvalue weighted by molar-refractivity contribution is 0.0455. The van der Waals surface area contributed by atoms with E-state index in [9.17, 15) is 5.11 Å². The van der Waals surface area contributed by atoms with Crippen LogP contribution in [0, 0.1) is 18.2 Å². The summed E-state index contributed by atoms with van der Waals surface area (Å²) in [5.74, 6) is 3.38. The fourth-order valence-electron chi connectivity index (χ4n) is 9.39. The number of piperazine rings is 1. The summed E-state index contributed by atoms with van der Waals surface area (Å²) in [6, 6.07) is 15.1. The SMILES string of the molecule is C#Cc1cccc2cc(O)cc(-c3ncc4c(N5C[C@H]6CC[C@@H](C5)N6)nc(OCC56CC(F)CN5C5CCOc7cccc6c75)nc4c3F)c12. The number of hydrogen-bond acceptors (Lipinski definition) is 9. The van der Waals surface area contributed by atoms with E-state index in [4.69, 9.17) is 25.9 Å². The molecular formula is C39H34F2N6O3. The standard InChI is InChI=1S/C39H34F2N6O3/c1-2-21-5-3-6-22-13-26(48)14-27(32(21)22)35-34(41)36-28(16-42-35)37(46-18-24-9-10-25(19-46)43-24)45-38(44-36)50-20-39-15-23(40)17-47(39)30-11-12-49-31-8-4-7-29(39)33(30)31/h1,3-8,13-14,16,23-25,30,43,48H,9-12,15,17-20H2/t23?,24-,25+,30?,39?. The van der Waals surface area contributed by atoms with Gasteiger partial charge >= 0.3 is 6.01 Å². The van der Waals surface area contributed by atoms with Crippen molar-refractivity contribution in [2.75, 3.05) is 37.7 Å². The molecule has 11 heteroatoms. The van der Waals surface area contributed by atoms with Crippen LogP contribution >= 0.6 is 0 Å². The Balaban J connectivity index is 1.11. The highest BCUT2D eigenvalue weighted by molar-refractivity contribution is 6.02. The van der Waals surface area contributed by atoms with Crippen LogP contribution in [0.25, 0.3) is 32.9 Å². The molecule has 50 heavy (non-hydrogen) atoms. The Morgan fingerprint density at radius 3 is 2.76 bits per heavy atom. The number of aromatic hydroxyl groups is 1. The zero-order chi connectivity index (χ0) is 33.7. The Morgan fingerprint density at radius 1 is 1.08 bits per heavy atom. The van der Waals surface area contributed by atoms with Crippen LogP contribution in [0.4, 0.5) is 14.6 Å². The average Bonchev–Trinajstić information content (AvgIpc) is 3.74. The normalized spacial score (nSPS) is 26.5. The molecule has 2 N–H and O–H groups in total. The molecule has 9 nitrogen and oxygen atoms in total. The first-order valence-corrected chi connectivity index (χ1v) is 17.3. The van der Waals surface area contributed by atoms with Gasteiger partial charge in [0.15, 0.2) is 5.82 Å². The summed E-state index contributed by atoms with van der Waals surface area (Å²) in [6.07, 6.45) is 9.60. The van der Waals surface area contributed by atoms with E-state index in [1.165, 1.54) is 6.07 Å². The lowest BCUT2D eigenvalue weighted by Gasteiger charge is -2.36. The second-order valence-electron chi connectivity index (χ2n) is 14.2. The van der Waals surface area contributed by atoms with E-state index in [2.05, 4.69) is 26.0 Å². The number of pyridine rings is 1. The molecule has 2 aromatic heterocycles. The summed E-state index contributed by atoms with van der Waals surface area (Å²) in [4.78, 5) is 18.6. The minimum Gasteiger partial charge on any atom is -0.508 e. The molecule has 0 saturated carbocycles. The first kappa shape index (κ1) is 29.8. The third-order valence-corrected chi connectivity index (χ3v) is 11.4. The topological polar surface area (TPSA) is 95.9 Å². The lowest BCUT2D eigenvalue weighted by Crippen LogP contribution is -2.51. The predicted molar refractivity (Wildman–Crippen MR) is 185 cm³/mol. The second-order valence-corrected chi connectivity index (χ2v) is 14.2. The molecule has 5 aliphatic heterocycles. The zero-order valence-electron chi connectivity index (χ0n) is 27.2. The van der Waals surface area contributed by atoms with Gasteiger partial charge in [0.2, 0.25) is 0 Å². The van der Waals surface area contributed by atoms with Gasteiger partial charge in [-0.3, -0.25) is 9.88 Å². The van der Waals surface area contributed by atoms with Crippen molar-refractivity contribution in [3.05, 3.63) is 77.2 Å². The van der Waals surface area contributed by atoms with Gasteiger partial charge in [-0.25, -0.2) is 8.78 Å². The molecule has 252 valence electrons. The van der Waals surface area contributed by atoms with Gasteiger partial charge in [-0.1, -0.05) is 30.2 Å². The molecule has 5 aromatic rings. The third-order valence-electron chi connectivity index (χ3n) is 11.4. The van der Waals surface area contributed by atoms with E-state index in [0.29, 0.717) is 71.4 Å². The van der Waals surface area contributed by atoms with Crippen molar-refractivity contribution in [3.63, 3.8) is 0 Å². The minimum atomic E-state index is -1.02. The Kier molecular flexibility index (Phi) is 6.55. The Hall–Kier alpha value is -5.05. The fourth-order valence-corrected chi connectivity index (χ4v) is 9.39. The van der Waals surface area contributed by atoms with Crippen molar-refractivity contribution < 1.29 is 23.4 Å². The number of phenols is 1. The van der Waals surface area contributed by atoms with Crippen molar-refractivity contribution in [1.82, 2.24) is 25.2 Å². The van der Waals surface area contributed by atoms with Gasteiger partial charge in [0.1, 0.15) is 41.3 Å². The van der Waals surface area contributed by atoms with Crippen molar-refractivity contribution in [2.24, 2.45) is 0 Å². The van der Waals surface area contributed by atoms with E-state index in [0.717, 1.165) is 36.1 Å². The molecule has 3 saturated heterocycles. The number of aromatic nitrogens is 3. The molecule has 5 aliphatic rings. The highest BCUT2D eigenvalue weighted by Gasteiger charge is 2.58. The number of benzene rings is 3. The van der Waals surface area contributed by atoms with Gasteiger partial charge < -0.3 is 24.8 Å². The highest BCUT2D eigenvalue weighted by Crippen LogP contribution is 2.57. The van der Waals surface area contributed by atoms with Gasteiger partial charge in [0, 0.05) is 78.9 Å². The molecule has 0 radical (unpaired) electrons. The van der Waals surface area contributed by atoms with Crippen molar-refractivity contribution in [2.45, 2.75) is 55.5 Å². The number of ether oxygens (including phenoxy) is 2. The van der Waals surface area contributed by atoms with E-state index in [1.54, 1.807) is 24.4 Å². The lowest BCUT2D eigenvalue weighted by atomic mass is 9.87. The predicted octanol–water partition coefficient (Wildman–Crippen LogP) is 5.77. The van der Waals surface area contributed by atoms with Crippen LogP contribution in [0.1, 0.15) is 48.4 Å². The first-order valence-electron chi connectivity index (χ1n) is 17.3. The van der Waals surface area contributed by atoms with Crippen molar-refractivity contribution in [1.29, 1.82) is 0 Å². The van der Waals surface area contributed by atoms with E-state index < -0.39 is 17.5 Å². The van der Waals surface area contributed by atoms with E-state index >= 15 is 8.78 Å². The number of terminal acetylenes is 1. The second kappa shape index (κ2) is 11.0. The van der Waals surface area contributed by atoms with E-state index in [1.807, 2.05) is 24.3 Å². The maximum absolute atomic E-state index is 17.1. The zero-order valence-corrected chi connectivity index (χ0v) is 27.2. The summed E-state index contributed by atoms with van der Waals surface area (Å²) in [5.41, 5.74) is 2.37. The number of phenolic OH excluding ortho intramolecular Hbond substituents is 1. The number of rotatable bonds is 5. The summed E-state index contributed by atoms with van der Waals surface area (Å²) in [5, 5.41) is 16.0. The Labute approximate surface area is 287 Å².